The molecule has 2 heteroatoms. The Bertz CT molecular complexity index is 405. The number of carbonyl (C=O) groups is 1. The molecule has 17 heavy (non-hydrogen) atoms. The molecule has 0 saturated heterocycles. The molecule has 0 radical (unpaired) electrons. The van der Waals surface area contributed by atoms with Crippen LogP contribution in [0.3, 0.4) is 0 Å². The Morgan fingerprint density at radius 1 is 1.47 bits per heavy atom. The molecule has 0 aliphatic heterocycles. The molecule has 0 unspecified atom stereocenters. The fourth-order valence-corrected chi connectivity index (χ4v) is 3.30. The predicted octanol–water partition coefficient (Wildman–Crippen LogP) is 3.02. The van der Waals surface area contributed by atoms with Gasteiger partial charge < -0.3 is 5.11 Å². The third-order valence-corrected chi connectivity index (χ3v) is 4.83. The molecule has 0 amide bonds. The first-order valence-electron chi connectivity index (χ1n) is 6.43. The fourth-order valence-electron chi connectivity index (χ4n) is 3.30. The molecule has 3 atom stereocenters. The zero-order chi connectivity index (χ0) is 12.8. The minimum atomic E-state index is -0.500. The molecule has 2 rings (SSSR count). The van der Waals surface area contributed by atoms with E-state index in [9.17, 15) is 9.90 Å². The molecule has 0 heterocycles. The van der Waals surface area contributed by atoms with E-state index in [1.165, 1.54) is 11.1 Å². The first kappa shape index (κ1) is 12.6. The lowest BCUT2D eigenvalue weighted by molar-refractivity contribution is -0.121. The summed E-state index contributed by atoms with van der Waals surface area (Å²) in [6, 6.07) is 0. The van der Waals surface area contributed by atoms with Gasteiger partial charge in [0.15, 0.2) is 5.78 Å². The van der Waals surface area contributed by atoms with Gasteiger partial charge in [-0.3, -0.25) is 4.79 Å². The molecule has 2 aliphatic rings. The average molecular weight is 234 g/mol. The number of hydrogen-bond donors (Lipinski definition) is 1. The van der Waals surface area contributed by atoms with Crippen LogP contribution in [0, 0.1) is 11.3 Å². The SMILES string of the molecule is C=C(C)[C@@H]1CC[C@]2(C)C(=C(C)C(=O)C[C@H]2O)C1. The van der Waals surface area contributed by atoms with Gasteiger partial charge in [0.2, 0.25) is 0 Å². The van der Waals surface area contributed by atoms with Crippen molar-refractivity contribution in [1.82, 2.24) is 0 Å². The quantitative estimate of drug-likeness (QED) is 0.708. The molecule has 0 bridgehead atoms. The van der Waals surface area contributed by atoms with E-state index in [1.54, 1.807) is 0 Å². The van der Waals surface area contributed by atoms with Crippen molar-refractivity contribution in [2.24, 2.45) is 11.3 Å². The van der Waals surface area contributed by atoms with E-state index in [0.717, 1.165) is 24.8 Å². The van der Waals surface area contributed by atoms with Crippen LogP contribution in [0.4, 0.5) is 0 Å². The van der Waals surface area contributed by atoms with Crippen molar-refractivity contribution in [3.63, 3.8) is 0 Å². The Morgan fingerprint density at radius 2 is 2.12 bits per heavy atom. The normalized spacial score (nSPS) is 38.0. The van der Waals surface area contributed by atoms with E-state index >= 15 is 0 Å². The molecule has 1 N–H and O–H groups in total. The lowest BCUT2D eigenvalue weighted by atomic mass is 9.59. The molecule has 2 nitrogen and oxygen atoms in total. The highest BCUT2D eigenvalue weighted by Crippen LogP contribution is 2.51. The second-order valence-corrected chi connectivity index (χ2v) is 5.95. The maximum Gasteiger partial charge on any atom is 0.161 e. The van der Waals surface area contributed by atoms with Crippen molar-refractivity contribution in [2.75, 3.05) is 0 Å². The van der Waals surface area contributed by atoms with Crippen molar-refractivity contribution in [3.8, 4) is 0 Å². The first-order valence-corrected chi connectivity index (χ1v) is 6.43. The summed E-state index contributed by atoms with van der Waals surface area (Å²) in [6.45, 7) is 10.1. The van der Waals surface area contributed by atoms with Crippen molar-refractivity contribution >= 4 is 5.78 Å². The first-order chi connectivity index (χ1) is 7.86. The van der Waals surface area contributed by atoms with E-state index in [1.807, 2.05) is 6.92 Å². The summed E-state index contributed by atoms with van der Waals surface area (Å²) >= 11 is 0. The molecule has 0 spiro atoms. The van der Waals surface area contributed by atoms with Crippen LogP contribution in [0.15, 0.2) is 23.3 Å². The molecule has 2 aliphatic carbocycles. The minimum Gasteiger partial charge on any atom is -0.392 e. The minimum absolute atomic E-state index is 0.118. The van der Waals surface area contributed by atoms with E-state index in [-0.39, 0.29) is 11.2 Å². The topological polar surface area (TPSA) is 37.3 Å². The van der Waals surface area contributed by atoms with Crippen LogP contribution in [-0.2, 0) is 4.79 Å². The van der Waals surface area contributed by atoms with Crippen LogP contribution in [0.2, 0.25) is 0 Å². The number of ketones is 1. The Morgan fingerprint density at radius 3 is 2.71 bits per heavy atom. The number of rotatable bonds is 1. The second kappa shape index (κ2) is 4.09. The highest BCUT2D eigenvalue weighted by Gasteiger charge is 2.46. The summed E-state index contributed by atoms with van der Waals surface area (Å²) in [7, 11) is 0. The van der Waals surface area contributed by atoms with Gasteiger partial charge in [-0.2, -0.15) is 0 Å². The van der Waals surface area contributed by atoms with Crippen molar-refractivity contribution in [1.29, 1.82) is 0 Å². The van der Waals surface area contributed by atoms with Crippen molar-refractivity contribution in [2.45, 2.75) is 52.6 Å². The van der Waals surface area contributed by atoms with Crippen LogP contribution in [0.1, 0.15) is 46.5 Å². The summed E-state index contributed by atoms with van der Waals surface area (Å²) in [5.74, 6) is 0.596. The van der Waals surface area contributed by atoms with Crippen LogP contribution in [-0.4, -0.2) is 17.0 Å². The Hall–Kier alpha value is -0.890. The van der Waals surface area contributed by atoms with Crippen LogP contribution >= 0.6 is 0 Å². The monoisotopic (exact) mass is 234 g/mol. The van der Waals surface area contributed by atoms with Crippen LogP contribution < -0.4 is 0 Å². The third kappa shape index (κ3) is 1.89. The van der Waals surface area contributed by atoms with E-state index < -0.39 is 6.10 Å². The number of fused-ring (bicyclic) bond motifs is 1. The maximum absolute atomic E-state index is 11.8. The van der Waals surface area contributed by atoms with E-state index in [4.69, 9.17) is 0 Å². The van der Waals surface area contributed by atoms with Gasteiger partial charge in [0, 0.05) is 11.8 Å². The Kier molecular flexibility index (Phi) is 3.03. The van der Waals surface area contributed by atoms with Crippen molar-refractivity contribution in [3.05, 3.63) is 23.3 Å². The third-order valence-electron chi connectivity index (χ3n) is 4.83. The predicted molar refractivity (Wildman–Crippen MR) is 68.6 cm³/mol. The number of aliphatic hydroxyl groups excluding tert-OH is 1. The molecular weight excluding hydrogens is 212 g/mol. The number of aliphatic hydroxyl groups is 1. The molecule has 0 aromatic heterocycles. The largest absolute Gasteiger partial charge is 0.392 e. The summed E-state index contributed by atoms with van der Waals surface area (Å²) in [5.41, 5.74) is 3.09. The lowest BCUT2D eigenvalue weighted by Crippen LogP contribution is -2.44. The van der Waals surface area contributed by atoms with E-state index in [0.29, 0.717) is 12.3 Å². The average Bonchev–Trinajstić information content (AvgIpc) is 2.26. The lowest BCUT2D eigenvalue weighted by Gasteiger charge is -2.46. The second-order valence-electron chi connectivity index (χ2n) is 5.95. The molecule has 0 aromatic rings. The number of carbonyl (C=O) groups excluding carboxylic acids is 1. The van der Waals surface area contributed by atoms with Crippen molar-refractivity contribution < 1.29 is 9.90 Å². The van der Waals surface area contributed by atoms with Gasteiger partial charge in [-0.05, 0) is 44.6 Å². The smallest absolute Gasteiger partial charge is 0.161 e. The molecule has 1 fully saturated rings. The number of Topliss-reactive ketones (excluding diaryl/α,β-unsaturated/α-hetero) is 1. The van der Waals surface area contributed by atoms with Gasteiger partial charge in [-0.1, -0.05) is 24.6 Å². The molecule has 1 saturated carbocycles. The Balaban J connectivity index is 2.40. The van der Waals surface area contributed by atoms with Gasteiger partial charge in [0.1, 0.15) is 0 Å². The van der Waals surface area contributed by atoms with Crippen LogP contribution in [0.5, 0.6) is 0 Å². The standard InChI is InChI=1S/C15H22O2/c1-9(2)11-5-6-15(4)12(7-11)10(3)13(16)8-14(15)17/h11,14,17H,1,5-8H2,2-4H3/t11-,14-,15-/m1/s1. The van der Waals surface area contributed by atoms with E-state index in [2.05, 4.69) is 20.4 Å². The molecule has 0 aromatic carbocycles. The summed E-state index contributed by atoms with van der Waals surface area (Å²) in [5, 5.41) is 10.2. The maximum atomic E-state index is 11.8. The fraction of sp³-hybridized carbons (Fsp3) is 0.667. The van der Waals surface area contributed by atoms with Gasteiger partial charge in [-0.15, -0.1) is 0 Å². The highest BCUT2D eigenvalue weighted by molar-refractivity contribution is 5.97. The summed E-state index contributed by atoms with van der Waals surface area (Å²) in [6.07, 6.45) is 2.74. The zero-order valence-corrected chi connectivity index (χ0v) is 11.0. The zero-order valence-electron chi connectivity index (χ0n) is 11.0. The summed E-state index contributed by atoms with van der Waals surface area (Å²) in [4.78, 5) is 11.8. The highest BCUT2D eigenvalue weighted by atomic mass is 16.3. The molecule has 94 valence electrons. The van der Waals surface area contributed by atoms with Gasteiger partial charge in [0.25, 0.3) is 0 Å². The van der Waals surface area contributed by atoms with Gasteiger partial charge in [-0.25, -0.2) is 0 Å². The number of hydrogen-bond acceptors (Lipinski definition) is 2. The van der Waals surface area contributed by atoms with Gasteiger partial charge >= 0.3 is 0 Å². The summed E-state index contributed by atoms with van der Waals surface area (Å²) < 4.78 is 0. The number of allylic oxidation sites excluding steroid dienone is 2. The van der Waals surface area contributed by atoms with Crippen LogP contribution in [0.25, 0.3) is 0 Å². The van der Waals surface area contributed by atoms with Gasteiger partial charge in [0.05, 0.1) is 6.10 Å². The Labute approximate surface area is 103 Å². The molecular formula is C15H22O2.